The number of ether oxygens (including phenoxy) is 1. The molecule has 27 heavy (non-hydrogen) atoms. The fourth-order valence-corrected chi connectivity index (χ4v) is 2.59. The van der Waals surface area contributed by atoms with Gasteiger partial charge in [-0.05, 0) is 32.0 Å². The van der Waals surface area contributed by atoms with Crippen molar-refractivity contribution >= 4 is 23.3 Å². The van der Waals surface area contributed by atoms with Crippen LogP contribution >= 0.6 is 0 Å². The lowest BCUT2D eigenvalue weighted by molar-refractivity contribution is 0.0601. The highest BCUT2D eigenvalue weighted by Crippen LogP contribution is 2.23. The molecule has 0 aliphatic rings. The monoisotopic (exact) mass is 362 g/mol. The third-order valence-corrected chi connectivity index (χ3v) is 3.75. The van der Waals surface area contributed by atoms with Crippen molar-refractivity contribution in [1.29, 1.82) is 0 Å². The molecule has 6 nitrogen and oxygen atoms in total. The lowest BCUT2D eigenvalue weighted by atomic mass is 10.2. The highest BCUT2D eigenvalue weighted by molar-refractivity contribution is 5.90. The molecule has 0 atom stereocenters. The van der Waals surface area contributed by atoms with Crippen LogP contribution in [0.5, 0.6) is 0 Å². The third kappa shape index (κ3) is 4.82. The number of hydrogen-bond acceptors (Lipinski definition) is 6. The molecule has 3 rings (SSSR count). The van der Waals surface area contributed by atoms with Crippen LogP contribution in [0.1, 0.15) is 24.2 Å². The van der Waals surface area contributed by atoms with Gasteiger partial charge in [-0.15, -0.1) is 0 Å². The van der Waals surface area contributed by atoms with Gasteiger partial charge in [0, 0.05) is 23.4 Å². The molecule has 0 fully saturated rings. The number of benzene rings is 2. The maximum atomic E-state index is 11.7. The molecule has 6 heteroatoms. The number of aromatic nitrogens is 2. The molecule has 1 heterocycles. The summed E-state index contributed by atoms with van der Waals surface area (Å²) in [6, 6.07) is 19.0. The van der Waals surface area contributed by atoms with Gasteiger partial charge in [0.05, 0.1) is 12.7 Å². The van der Waals surface area contributed by atoms with E-state index in [0.717, 1.165) is 17.1 Å². The van der Waals surface area contributed by atoms with Crippen molar-refractivity contribution < 1.29 is 9.53 Å². The first-order valence-corrected chi connectivity index (χ1v) is 8.71. The Labute approximate surface area is 158 Å². The molecule has 0 unspecified atom stereocenters. The van der Waals surface area contributed by atoms with Gasteiger partial charge in [-0.2, -0.15) is 0 Å². The van der Waals surface area contributed by atoms with Gasteiger partial charge < -0.3 is 15.4 Å². The molecule has 1 aromatic heterocycles. The molecular weight excluding hydrogens is 340 g/mol. The fourth-order valence-electron chi connectivity index (χ4n) is 2.59. The van der Waals surface area contributed by atoms with E-state index < -0.39 is 0 Å². The van der Waals surface area contributed by atoms with Crippen molar-refractivity contribution in [3.05, 3.63) is 66.2 Å². The zero-order valence-electron chi connectivity index (χ0n) is 15.6. The molecular formula is C21H22N4O2. The van der Waals surface area contributed by atoms with E-state index in [1.54, 1.807) is 18.2 Å². The minimum absolute atomic E-state index is 0.235. The quantitative estimate of drug-likeness (QED) is 0.629. The largest absolute Gasteiger partial charge is 0.465 e. The first-order chi connectivity index (χ1) is 13.0. The Hall–Kier alpha value is -3.41. The smallest absolute Gasteiger partial charge is 0.337 e. The maximum absolute atomic E-state index is 11.7. The number of methoxy groups -OCH3 is 1. The van der Waals surface area contributed by atoms with Gasteiger partial charge in [0.2, 0.25) is 0 Å². The summed E-state index contributed by atoms with van der Waals surface area (Å²) in [5.41, 5.74) is 2.14. The highest BCUT2D eigenvalue weighted by Gasteiger charge is 2.10. The lowest BCUT2D eigenvalue weighted by Crippen LogP contribution is -2.12. The molecule has 2 aromatic carbocycles. The molecule has 0 aliphatic carbocycles. The van der Waals surface area contributed by atoms with E-state index in [9.17, 15) is 4.79 Å². The SMILES string of the molecule is COC(=O)c1cccc(Nc2cc(NC(C)C)nc(-c3ccccc3)n2)c1. The van der Waals surface area contributed by atoms with E-state index >= 15 is 0 Å². The van der Waals surface area contributed by atoms with Gasteiger partial charge in [0.15, 0.2) is 5.82 Å². The molecule has 0 bridgehead atoms. The average Bonchev–Trinajstić information content (AvgIpc) is 2.67. The van der Waals surface area contributed by atoms with E-state index in [1.165, 1.54) is 7.11 Å². The molecule has 0 radical (unpaired) electrons. The average molecular weight is 362 g/mol. The van der Waals surface area contributed by atoms with Crippen LogP contribution in [-0.2, 0) is 4.74 Å². The summed E-state index contributed by atoms with van der Waals surface area (Å²) in [4.78, 5) is 21.0. The normalized spacial score (nSPS) is 10.5. The van der Waals surface area contributed by atoms with Crippen molar-refractivity contribution in [3.63, 3.8) is 0 Å². The number of hydrogen-bond donors (Lipinski definition) is 2. The number of carbonyl (C=O) groups excluding carboxylic acids is 1. The summed E-state index contributed by atoms with van der Waals surface area (Å²) in [6.07, 6.45) is 0. The summed E-state index contributed by atoms with van der Waals surface area (Å²) < 4.78 is 4.78. The second kappa shape index (κ2) is 8.31. The number of nitrogens with one attached hydrogen (secondary N) is 2. The fraction of sp³-hybridized carbons (Fsp3) is 0.190. The van der Waals surface area contributed by atoms with Gasteiger partial charge in [0.25, 0.3) is 0 Å². The van der Waals surface area contributed by atoms with Crippen molar-refractivity contribution in [2.24, 2.45) is 0 Å². The Morgan fingerprint density at radius 1 is 0.963 bits per heavy atom. The Morgan fingerprint density at radius 2 is 1.70 bits per heavy atom. The lowest BCUT2D eigenvalue weighted by Gasteiger charge is -2.14. The Bertz CT molecular complexity index is 926. The number of anilines is 3. The first kappa shape index (κ1) is 18.4. The number of esters is 1. The number of carbonyl (C=O) groups is 1. The van der Waals surface area contributed by atoms with Gasteiger partial charge in [-0.1, -0.05) is 36.4 Å². The standard InChI is InChI=1S/C21H22N4O2/c1-14(2)22-18-13-19(25-20(24-18)15-8-5-4-6-9-15)23-17-11-7-10-16(12-17)21(26)27-3/h4-14H,1-3H3,(H2,22,23,24,25). The summed E-state index contributed by atoms with van der Waals surface area (Å²) in [5, 5.41) is 6.56. The molecule has 3 aromatic rings. The maximum Gasteiger partial charge on any atom is 0.337 e. The molecule has 138 valence electrons. The van der Waals surface area contributed by atoms with Crippen molar-refractivity contribution in [2.75, 3.05) is 17.7 Å². The van der Waals surface area contributed by atoms with Crippen LogP contribution in [0.3, 0.4) is 0 Å². The van der Waals surface area contributed by atoms with Crippen LogP contribution in [0.25, 0.3) is 11.4 Å². The zero-order valence-corrected chi connectivity index (χ0v) is 15.6. The second-order valence-electron chi connectivity index (χ2n) is 6.32. The molecule has 0 saturated heterocycles. The molecule has 0 amide bonds. The van der Waals surface area contributed by atoms with E-state index in [1.807, 2.05) is 42.5 Å². The summed E-state index contributed by atoms with van der Waals surface area (Å²) in [5.74, 6) is 1.60. The number of rotatable bonds is 6. The zero-order chi connectivity index (χ0) is 19.2. The van der Waals surface area contributed by atoms with Crippen molar-refractivity contribution in [2.45, 2.75) is 19.9 Å². The third-order valence-electron chi connectivity index (χ3n) is 3.75. The van der Waals surface area contributed by atoms with E-state index in [0.29, 0.717) is 17.2 Å². The van der Waals surface area contributed by atoms with Crippen molar-refractivity contribution in [1.82, 2.24) is 9.97 Å². The van der Waals surface area contributed by atoms with E-state index in [2.05, 4.69) is 34.4 Å². The summed E-state index contributed by atoms with van der Waals surface area (Å²) >= 11 is 0. The van der Waals surface area contributed by atoms with Crippen LogP contribution in [-0.4, -0.2) is 29.1 Å². The van der Waals surface area contributed by atoms with Gasteiger partial charge in [0.1, 0.15) is 11.6 Å². The van der Waals surface area contributed by atoms with Gasteiger partial charge >= 0.3 is 5.97 Å². The van der Waals surface area contributed by atoms with Crippen LogP contribution in [0.2, 0.25) is 0 Å². The van der Waals surface area contributed by atoms with Gasteiger partial charge in [-0.3, -0.25) is 0 Å². The second-order valence-corrected chi connectivity index (χ2v) is 6.32. The predicted octanol–water partition coefficient (Wildman–Crippen LogP) is 4.49. The van der Waals surface area contributed by atoms with Crippen molar-refractivity contribution in [3.8, 4) is 11.4 Å². The predicted molar refractivity (Wildman–Crippen MR) is 107 cm³/mol. The Kier molecular flexibility index (Phi) is 5.66. The minimum Gasteiger partial charge on any atom is -0.465 e. The van der Waals surface area contributed by atoms with Crippen LogP contribution in [0.4, 0.5) is 17.3 Å². The van der Waals surface area contributed by atoms with Crippen LogP contribution < -0.4 is 10.6 Å². The molecule has 0 spiro atoms. The van der Waals surface area contributed by atoms with E-state index in [-0.39, 0.29) is 12.0 Å². The highest BCUT2D eigenvalue weighted by atomic mass is 16.5. The topological polar surface area (TPSA) is 76.1 Å². The van der Waals surface area contributed by atoms with Crippen LogP contribution in [0, 0.1) is 0 Å². The first-order valence-electron chi connectivity index (χ1n) is 8.71. The van der Waals surface area contributed by atoms with Gasteiger partial charge in [-0.25, -0.2) is 14.8 Å². The molecule has 2 N–H and O–H groups in total. The molecule has 0 aliphatic heterocycles. The van der Waals surface area contributed by atoms with Crippen LogP contribution in [0.15, 0.2) is 60.7 Å². The van der Waals surface area contributed by atoms with E-state index in [4.69, 9.17) is 4.74 Å². The summed E-state index contributed by atoms with van der Waals surface area (Å²) in [6.45, 7) is 4.11. The Morgan fingerprint density at radius 3 is 2.41 bits per heavy atom. The molecule has 0 saturated carbocycles. The Balaban J connectivity index is 1.96. The summed E-state index contributed by atoms with van der Waals surface area (Å²) in [7, 11) is 1.36. The minimum atomic E-state index is -0.381. The number of nitrogens with zero attached hydrogens (tertiary/aromatic N) is 2.